The summed E-state index contributed by atoms with van der Waals surface area (Å²) in [4.78, 5) is 19.8. The first kappa shape index (κ1) is 8.18. The molecule has 0 aliphatic carbocycles. The number of aromatic amines is 1. The molecule has 2 N–H and O–H groups in total. The molecule has 64 valence electrons. The Balaban J connectivity index is 3.22. The van der Waals surface area contributed by atoms with Crippen LogP contribution in [0.2, 0.25) is 0 Å². The van der Waals surface area contributed by atoms with Gasteiger partial charge in [-0.3, -0.25) is 0 Å². The molecule has 0 aromatic carbocycles. The molecule has 0 aliphatic rings. The molecule has 0 bridgehead atoms. The molecule has 0 amide bonds. The SMILES string of the molecule is Cc1c([N+](=O)[O-])n[nH]c1C(=O)O. The van der Waals surface area contributed by atoms with Gasteiger partial charge >= 0.3 is 11.8 Å². The van der Waals surface area contributed by atoms with Crippen LogP contribution in [0, 0.1) is 17.0 Å². The molecule has 1 heterocycles. The Labute approximate surface area is 66.2 Å². The Bertz CT molecular complexity index is 311. The first-order chi connectivity index (χ1) is 5.54. The molecule has 0 aliphatic heterocycles. The maximum Gasteiger partial charge on any atom is 0.393 e. The number of carbonyl (C=O) groups is 1. The lowest BCUT2D eigenvalue weighted by Crippen LogP contribution is -1.99. The molecule has 1 aromatic heterocycles. The third-order valence-corrected chi connectivity index (χ3v) is 1.37. The van der Waals surface area contributed by atoms with E-state index in [1.54, 1.807) is 0 Å². The monoisotopic (exact) mass is 171 g/mol. The third kappa shape index (κ3) is 1.11. The highest BCUT2D eigenvalue weighted by Crippen LogP contribution is 2.16. The number of carboxylic acid groups (broad SMARTS) is 1. The van der Waals surface area contributed by atoms with E-state index in [2.05, 4.69) is 10.2 Å². The molecule has 1 aromatic rings. The summed E-state index contributed by atoms with van der Waals surface area (Å²) in [5.74, 6) is -1.71. The zero-order valence-electron chi connectivity index (χ0n) is 6.07. The molecule has 0 saturated heterocycles. The van der Waals surface area contributed by atoms with E-state index in [0.717, 1.165) is 0 Å². The minimum absolute atomic E-state index is 0.0347. The van der Waals surface area contributed by atoms with Gasteiger partial charge in [0.2, 0.25) is 0 Å². The predicted octanol–water partition coefficient (Wildman–Crippen LogP) is 0.325. The van der Waals surface area contributed by atoms with Gasteiger partial charge < -0.3 is 15.2 Å². The van der Waals surface area contributed by atoms with Crippen LogP contribution in [0.25, 0.3) is 0 Å². The van der Waals surface area contributed by atoms with E-state index in [9.17, 15) is 14.9 Å². The van der Waals surface area contributed by atoms with Crippen molar-refractivity contribution in [3.8, 4) is 0 Å². The second-order valence-corrected chi connectivity index (χ2v) is 2.11. The van der Waals surface area contributed by atoms with Gasteiger partial charge in [-0.1, -0.05) is 0 Å². The number of rotatable bonds is 2. The summed E-state index contributed by atoms with van der Waals surface area (Å²) in [5, 5.41) is 23.9. The smallest absolute Gasteiger partial charge is 0.393 e. The summed E-state index contributed by atoms with van der Waals surface area (Å²) < 4.78 is 0. The number of carboxylic acids is 1. The van der Waals surface area contributed by atoms with Crippen LogP contribution >= 0.6 is 0 Å². The van der Waals surface area contributed by atoms with E-state index in [1.165, 1.54) is 6.92 Å². The van der Waals surface area contributed by atoms with Crippen molar-refractivity contribution in [3.63, 3.8) is 0 Å². The number of hydrogen-bond donors (Lipinski definition) is 2. The summed E-state index contributed by atoms with van der Waals surface area (Å²) in [6, 6.07) is 0. The Morgan fingerprint density at radius 2 is 2.33 bits per heavy atom. The lowest BCUT2D eigenvalue weighted by molar-refractivity contribution is -0.390. The summed E-state index contributed by atoms with van der Waals surface area (Å²) in [6.07, 6.45) is 0. The fourth-order valence-electron chi connectivity index (χ4n) is 0.774. The predicted molar refractivity (Wildman–Crippen MR) is 36.9 cm³/mol. The summed E-state index contributed by atoms with van der Waals surface area (Å²) in [5.41, 5.74) is -0.214. The topological polar surface area (TPSA) is 109 Å². The van der Waals surface area contributed by atoms with Crippen LogP contribution in [-0.2, 0) is 0 Å². The number of H-pyrrole nitrogens is 1. The lowest BCUT2D eigenvalue weighted by Gasteiger charge is -1.88. The van der Waals surface area contributed by atoms with Crippen molar-refractivity contribution in [2.75, 3.05) is 0 Å². The van der Waals surface area contributed by atoms with Gasteiger partial charge in [-0.15, -0.1) is 0 Å². The number of nitro groups is 1. The van der Waals surface area contributed by atoms with Crippen molar-refractivity contribution in [2.45, 2.75) is 6.92 Å². The quantitative estimate of drug-likeness (QED) is 0.492. The summed E-state index contributed by atoms with van der Waals surface area (Å²) >= 11 is 0. The molecule has 0 saturated carbocycles. The van der Waals surface area contributed by atoms with E-state index in [-0.39, 0.29) is 11.3 Å². The van der Waals surface area contributed by atoms with Gasteiger partial charge in [-0.05, 0) is 11.8 Å². The largest absolute Gasteiger partial charge is 0.476 e. The second-order valence-electron chi connectivity index (χ2n) is 2.11. The lowest BCUT2D eigenvalue weighted by atomic mass is 10.2. The number of nitrogens with zero attached hydrogens (tertiary/aromatic N) is 2. The molecule has 1 rings (SSSR count). The van der Waals surface area contributed by atoms with Crippen LogP contribution in [0.4, 0.5) is 5.82 Å². The van der Waals surface area contributed by atoms with E-state index < -0.39 is 16.7 Å². The van der Waals surface area contributed by atoms with Crippen LogP contribution in [0.5, 0.6) is 0 Å². The van der Waals surface area contributed by atoms with Gasteiger partial charge in [0.25, 0.3) is 0 Å². The van der Waals surface area contributed by atoms with Crippen molar-refractivity contribution in [2.24, 2.45) is 0 Å². The Kier molecular flexibility index (Phi) is 1.78. The first-order valence-corrected chi connectivity index (χ1v) is 2.96. The van der Waals surface area contributed by atoms with Crippen molar-refractivity contribution in [3.05, 3.63) is 21.4 Å². The number of nitrogens with one attached hydrogen (secondary N) is 1. The van der Waals surface area contributed by atoms with Crippen molar-refractivity contribution in [1.29, 1.82) is 0 Å². The van der Waals surface area contributed by atoms with Crippen molar-refractivity contribution >= 4 is 11.8 Å². The molecular weight excluding hydrogens is 166 g/mol. The summed E-state index contributed by atoms with van der Waals surface area (Å²) in [7, 11) is 0. The maximum atomic E-state index is 10.4. The van der Waals surface area contributed by atoms with Crippen LogP contribution in [-0.4, -0.2) is 26.2 Å². The average Bonchev–Trinajstić information content (AvgIpc) is 2.30. The number of hydrogen-bond acceptors (Lipinski definition) is 4. The molecule has 0 unspecified atom stereocenters. The van der Waals surface area contributed by atoms with Gasteiger partial charge in [-0.2, -0.15) is 5.10 Å². The van der Waals surface area contributed by atoms with Crippen LogP contribution in [0.15, 0.2) is 0 Å². The second kappa shape index (κ2) is 2.61. The highest BCUT2D eigenvalue weighted by atomic mass is 16.6. The van der Waals surface area contributed by atoms with Crippen molar-refractivity contribution in [1.82, 2.24) is 10.2 Å². The summed E-state index contributed by atoms with van der Waals surface area (Å²) in [6.45, 7) is 1.32. The number of aromatic nitrogens is 2. The molecular formula is C5H5N3O4. The Hall–Kier alpha value is -1.92. The minimum Gasteiger partial charge on any atom is -0.476 e. The Morgan fingerprint density at radius 3 is 2.58 bits per heavy atom. The van der Waals surface area contributed by atoms with Crippen LogP contribution < -0.4 is 0 Å². The molecule has 7 heteroatoms. The normalized spacial score (nSPS) is 9.75. The first-order valence-electron chi connectivity index (χ1n) is 2.96. The minimum atomic E-state index is -1.26. The number of aromatic carboxylic acids is 1. The van der Waals surface area contributed by atoms with Gasteiger partial charge in [0.15, 0.2) is 5.69 Å². The molecule has 0 fully saturated rings. The molecule has 0 radical (unpaired) electrons. The van der Waals surface area contributed by atoms with Gasteiger partial charge in [0.1, 0.15) is 0 Å². The van der Waals surface area contributed by atoms with Crippen LogP contribution in [0.3, 0.4) is 0 Å². The van der Waals surface area contributed by atoms with Gasteiger partial charge in [-0.25, -0.2) is 4.79 Å². The standard InChI is InChI=1S/C5H5N3O4/c1-2-3(5(9)10)6-7-4(2)8(11)12/h1H3,(H,6,7)(H,9,10). The van der Waals surface area contributed by atoms with E-state index in [1.807, 2.05) is 0 Å². The third-order valence-electron chi connectivity index (χ3n) is 1.37. The van der Waals surface area contributed by atoms with E-state index >= 15 is 0 Å². The Morgan fingerprint density at radius 1 is 1.75 bits per heavy atom. The fourth-order valence-corrected chi connectivity index (χ4v) is 0.774. The molecule has 0 spiro atoms. The van der Waals surface area contributed by atoms with E-state index in [0.29, 0.717) is 0 Å². The molecule has 7 nitrogen and oxygen atoms in total. The average molecular weight is 171 g/mol. The molecule has 0 atom stereocenters. The van der Waals surface area contributed by atoms with E-state index in [4.69, 9.17) is 5.11 Å². The highest BCUT2D eigenvalue weighted by Gasteiger charge is 2.23. The van der Waals surface area contributed by atoms with Crippen molar-refractivity contribution < 1.29 is 14.8 Å². The van der Waals surface area contributed by atoms with Gasteiger partial charge in [0.05, 0.1) is 10.7 Å². The fraction of sp³-hybridized carbons (Fsp3) is 0.200. The molecule has 12 heavy (non-hydrogen) atoms. The van der Waals surface area contributed by atoms with Gasteiger partial charge in [0, 0.05) is 0 Å². The zero-order valence-corrected chi connectivity index (χ0v) is 6.07. The highest BCUT2D eigenvalue weighted by molar-refractivity contribution is 5.87. The van der Waals surface area contributed by atoms with Crippen LogP contribution in [0.1, 0.15) is 16.1 Å². The maximum absolute atomic E-state index is 10.4. The zero-order chi connectivity index (χ0) is 9.30.